The van der Waals surface area contributed by atoms with E-state index in [1.54, 1.807) is 20.9 Å². The second-order valence-electron chi connectivity index (χ2n) is 5.44. The number of amides is 1. The fourth-order valence-electron chi connectivity index (χ4n) is 2.04. The van der Waals surface area contributed by atoms with Gasteiger partial charge >= 0.3 is 0 Å². The van der Waals surface area contributed by atoms with Gasteiger partial charge < -0.3 is 10.2 Å². The Labute approximate surface area is 127 Å². The van der Waals surface area contributed by atoms with Gasteiger partial charge in [-0.25, -0.2) is 4.68 Å². The van der Waals surface area contributed by atoms with E-state index >= 15 is 0 Å². The molecule has 2 aromatic rings. The zero-order valence-electron chi connectivity index (χ0n) is 12.0. The minimum absolute atomic E-state index is 0.0350. The summed E-state index contributed by atoms with van der Waals surface area (Å²) in [7, 11) is 1.81. The highest BCUT2D eigenvalue weighted by Crippen LogP contribution is 2.18. The number of likely N-dealkylation sites (N-methyl/N-ethyl adjacent to an activating group) is 1. The van der Waals surface area contributed by atoms with Crippen molar-refractivity contribution in [3.63, 3.8) is 0 Å². The molecule has 0 aliphatic heterocycles. The molecular weight excluding hydrogens is 286 g/mol. The predicted molar refractivity (Wildman–Crippen MR) is 80.7 cm³/mol. The Kier molecular flexibility index (Phi) is 4.31. The van der Waals surface area contributed by atoms with Crippen molar-refractivity contribution < 1.29 is 4.79 Å². The summed E-state index contributed by atoms with van der Waals surface area (Å²) in [5.74, 6) is 0.0350. The smallest absolute Gasteiger partial charge is 0.244 e. The van der Waals surface area contributed by atoms with E-state index in [9.17, 15) is 4.79 Å². The molecule has 1 aliphatic rings. The molecule has 0 atom stereocenters. The first-order valence-corrected chi connectivity index (χ1v) is 8.02. The van der Waals surface area contributed by atoms with E-state index in [0.29, 0.717) is 12.6 Å². The summed E-state index contributed by atoms with van der Waals surface area (Å²) in [6, 6.07) is 2.68. The van der Waals surface area contributed by atoms with Gasteiger partial charge in [0.1, 0.15) is 6.54 Å². The maximum absolute atomic E-state index is 12.1. The number of hydrogen-bond acceptors (Lipinski definition) is 5. The Morgan fingerprint density at radius 3 is 3.14 bits per heavy atom. The first-order valence-electron chi connectivity index (χ1n) is 7.08. The van der Waals surface area contributed by atoms with Crippen molar-refractivity contribution in [1.29, 1.82) is 0 Å². The van der Waals surface area contributed by atoms with Gasteiger partial charge in [-0.3, -0.25) is 4.79 Å². The van der Waals surface area contributed by atoms with Crippen LogP contribution in [0.25, 0.3) is 0 Å². The number of hydrogen-bond donors (Lipinski definition) is 1. The Morgan fingerprint density at radius 2 is 2.43 bits per heavy atom. The van der Waals surface area contributed by atoms with Crippen LogP contribution >= 0.6 is 11.3 Å². The second-order valence-corrected chi connectivity index (χ2v) is 6.22. The zero-order chi connectivity index (χ0) is 14.7. The van der Waals surface area contributed by atoms with Crippen molar-refractivity contribution >= 4 is 17.2 Å². The highest BCUT2D eigenvalue weighted by Gasteiger charge is 2.20. The minimum atomic E-state index is 0.0350. The number of carbonyl (C=O) groups excluding carboxylic acids is 1. The molecule has 21 heavy (non-hydrogen) atoms. The van der Waals surface area contributed by atoms with E-state index < -0.39 is 0 Å². The number of rotatable bonds is 7. The van der Waals surface area contributed by atoms with E-state index in [0.717, 1.165) is 17.8 Å². The van der Waals surface area contributed by atoms with Gasteiger partial charge in [0.25, 0.3) is 0 Å². The van der Waals surface area contributed by atoms with Gasteiger partial charge in [-0.1, -0.05) is 5.21 Å². The maximum Gasteiger partial charge on any atom is 0.244 e. The molecule has 0 bridgehead atoms. The van der Waals surface area contributed by atoms with Crippen molar-refractivity contribution in [3.8, 4) is 0 Å². The van der Waals surface area contributed by atoms with Crippen LogP contribution in [-0.4, -0.2) is 38.9 Å². The maximum atomic E-state index is 12.1. The van der Waals surface area contributed by atoms with E-state index in [1.165, 1.54) is 12.8 Å². The van der Waals surface area contributed by atoms with Crippen LogP contribution in [0.1, 0.15) is 24.1 Å². The third kappa shape index (κ3) is 4.12. The lowest BCUT2D eigenvalue weighted by molar-refractivity contribution is -0.131. The molecule has 1 saturated carbocycles. The second kappa shape index (κ2) is 6.36. The average Bonchev–Trinajstić information content (AvgIpc) is 2.96. The molecule has 2 heterocycles. The van der Waals surface area contributed by atoms with Crippen LogP contribution in [0.3, 0.4) is 0 Å². The van der Waals surface area contributed by atoms with Crippen LogP contribution < -0.4 is 5.32 Å². The lowest BCUT2D eigenvalue weighted by Gasteiger charge is -2.16. The fourth-order valence-corrected chi connectivity index (χ4v) is 2.70. The summed E-state index contributed by atoms with van der Waals surface area (Å²) < 4.78 is 1.61. The van der Waals surface area contributed by atoms with Gasteiger partial charge in [-0.2, -0.15) is 11.3 Å². The van der Waals surface area contributed by atoms with Crippen molar-refractivity contribution in [2.75, 3.05) is 7.05 Å². The van der Waals surface area contributed by atoms with Crippen molar-refractivity contribution in [3.05, 3.63) is 34.3 Å². The summed E-state index contributed by atoms with van der Waals surface area (Å²) in [6.45, 7) is 1.59. The first kappa shape index (κ1) is 14.2. The van der Waals surface area contributed by atoms with Crippen molar-refractivity contribution in [2.45, 2.75) is 38.5 Å². The molecule has 0 aromatic carbocycles. The fraction of sp³-hybridized carbons (Fsp3) is 0.500. The standard InChI is InChI=1S/C14H19N5OS/c1-18(7-11-4-5-21-10-11)14(20)9-19-8-13(16-17-19)6-15-12-2-3-12/h4-5,8,10,12,15H,2-3,6-7,9H2,1H3. The van der Waals surface area contributed by atoms with Gasteiger partial charge in [0.05, 0.1) is 11.9 Å². The quantitative estimate of drug-likeness (QED) is 0.836. The molecule has 2 aromatic heterocycles. The van der Waals surface area contributed by atoms with Gasteiger partial charge in [0.15, 0.2) is 0 Å². The van der Waals surface area contributed by atoms with Crippen molar-refractivity contribution in [2.24, 2.45) is 0 Å². The number of aromatic nitrogens is 3. The van der Waals surface area contributed by atoms with Crippen molar-refractivity contribution in [1.82, 2.24) is 25.2 Å². The minimum Gasteiger partial charge on any atom is -0.340 e. The molecule has 1 amide bonds. The summed E-state index contributed by atoms with van der Waals surface area (Å²) >= 11 is 1.64. The number of thiophene rings is 1. The summed E-state index contributed by atoms with van der Waals surface area (Å²) in [5, 5.41) is 15.6. The van der Waals surface area contributed by atoms with Crippen LogP contribution in [0.15, 0.2) is 23.0 Å². The molecule has 1 N–H and O–H groups in total. The molecule has 1 aliphatic carbocycles. The van der Waals surface area contributed by atoms with Crippen LogP contribution in [0, 0.1) is 0 Å². The van der Waals surface area contributed by atoms with Gasteiger partial charge in [0.2, 0.25) is 5.91 Å². The molecule has 6 nitrogen and oxygen atoms in total. The normalized spacial score (nSPS) is 14.3. The van der Waals surface area contributed by atoms with E-state index in [2.05, 4.69) is 21.0 Å². The molecule has 0 saturated heterocycles. The Morgan fingerprint density at radius 1 is 1.57 bits per heavy atom. The zero-order valence-corrected chi connectivity index (χ0v) is 12.8. The van der Waals surface area contributed by atoms with Crippen LogP contribution in [0.5, 0.6) is 0 Å². The SMILES string of the molecule is CN(Cc1ccsc1)C(=O)Cn1cc(CNC2CC2)nn1. The molecule has 3 rings (SSSR count). The summed E-state index contributed by atoms with van der Waals surface area (Å²) in [4.78, 5) is 13.9. The average molecular weight is 305 g/mol. The number of carbonyl (C=O) groups is 1. The molecule has 112 valence electrons. The van der Waals surface area contributed by atoms with Crippen LogP contribution in [-0.2, 0) is 24.4 Å². The predicted octanol–water partition coefficient (Wildman–Crippen LogP) is 1.25. The summed E-state index contributed by atoms with van der Waals surface area (Å²) in [6.07, 6.45) is 4.34. The molecule has 0 spiro atoms. The molecule has 1 fully saturated rings. The van der Waals surface area contributed by atoms with E-state index in [4.69, 9.17) is 0 Å². The molecule has 0 unspecified atom stereocenters. The third-order valence-electron chi connectivity index (χ3n) is 3.46. The van der Waals surface area contributed by atoms with E-state index in [-0.39, 0.29) is 12.5 Å². The highest BCUT2D eigenvalue weighted by atomic mass is 32.1. The van der Waals surface area contributed by atoms with Gasteiger partial charge in [0, 0.05) is 26.2 Å². The molecule has 7 heteroatoms. The Balaban J connectivity index is 1.49. The van der Waals surface area contributed by atoms with Crippen LogP contribution in [0.4, 0.5) is 0 Å². The monoisotopic (exact) mass is 305 g/mol. The first-order chi connectivity index (χ1) is 10.2. The third-order valence-corrected chi connectivity index (χ3v) is 4.19. The van der Waals surface area contributed by atoms with Gasteiger partial charge in [-0.15, -0.1) is 5.10 Å². The van der Waals surface area contributed by atoms with Gasteiger partial charge in [-0.05, 0) is 35.2 Å². The number of nitrogens with one attached hydrogen (secondary N) is 1. The molecule has 0 radical (unpaired) electrons. The van der Waals surface area contributed by atoms with E-state index in [1.807, 2.05) is 24.7 Å². The van der Waals surface area contributed by atoms with Crippen LogP contribution in [0.2, 0.25) is 0 Å². The number of nitrogens with zero attached hydrogens (tertiary/aromatic N) is 4. The largest absolute Gasteiger partial charge is 0.340 e. The lowest BCUT2D eigenvalue weighted by Crippen LogP contribution is -2.29. The Hall–Kier alpha value is -1.73. The lowest BCUT2D eigenvalue weighted by atomic mass is 10.3. The topological polar surface area (TPSA) is 63.1 Å². The summed E-state index contributed by atoms with van der Waals surface area (Å²) in [5.41, 5.74) is 2.04. The Bertz CT molecular complexity index is 590. The highest BCUT2D eigenvalue weighted by molar-refractivity contribution is 7.07. The molecular formula is C14H19N5OS.